The first-order chi connectivity index (χ1) is 11.3. The number of aromatic amines is 1. The van der Waals surface area contributed by atoms with Crippen molar-refractivity contribution in [1.82, 2.24) is 19.7 Å². The van der Waals surface area contributed by atoms with E-state index in [1.807, 2.05) is 16.9 Å². The molecule has 0 bridgehead atoms. The van der Waals surface area contributed by atoms with Crippen LogP contribution in [0.1, 0.15) is 29.2 Å². The van der Waals surface area contributed by atoms with Crippen molar-refractivity contribution in [1.29, 1.82) is 0 Å². The molecule has 7 heteroatoms. The maximum absolute atomic E-state index is 12.4. The van der Waals surface area contributed by atoms with E-state index in [1.54, 1.807) is 24.7 Å². The van der Waals surface area contributed by atoms with Crippen molar-refractivity contribution in [2.24, 2.45) is 0 Å². The highest BCUT2D eigenvalue weighted by molar-refractivity contribution is 6.05. The Balaban J connectivity index is 1.48. The van der Waals surface area contributed by atoms with Crippen LogP contribution in [-0.2, 0) is 4.74 Å². The summed E-state index contributed by atoms with van der Waals surface area (Å²) in [6, 6.07) is 5.73. The van der Waals surface area contributed by atoms with Gasteiger partial charge >= 0.3 is 0 Å². The minimum absolute atomic E-state index is 0.159. The van der Waals surface area contributed by atoms with Gasteiger partial charge in [-0.25, -0.2) is 4.98 Å². The number of aromatic nitrogens is 4. The van der Waals surface area contributed by atoms with E-state index < -0.39 is 0 Å². The summed E-state index contributed by atoms with van der Waals surface area (Å²) in [5, 5.41) is 7.25. The second-order valence-electron chi connectivity index (χ2n) is 5.64. The number of rotatable bonds is 3. The van der Waals surface area contributed by atoms with Crippen molar-refractivity contribution in [2.45, 2.75) is 18.9 Å². The summed E-state index contributed by atoms with van der Waals surface area (Å²) in [4.78, 5) is 19.5. The second-order valence-corrected chi connectivity index (χ2v) is 5.64. The monoisotopic (exact) mass is 311 g/mol. The normalized spacial score (nSPS) is 15.8. The van der Waals surface area contributed by atoms with Crippen LogP contribution in [0.2, 0.25) is 0 Å². The standard InChI is InChI=1S/C16H17N5O2/c22-16(11-1-2-14-15(7-11)18-10-17-14)20-12-8-19-21(9-12)13-3-5-23-6-4-13/h1-2,7-10,13H,3-6H2,(H,17,18)(H,20,22). The fourth-order valence-electron chi connectivity index (χ4n) is 2.83. The quantitative estimate of drug-likeness (QED) is 0.777. The third-order valence-corrected chi connectivity index (χ3v) is 4.11. The zero-order valence-corrected chi connectivity index (χ0v) is 12.5. The molecule has 1 fully saturated rings. The number of H-pyrrole nitrogens is 1. The molecule has 0 atom stereocenters. The lowest BCUT2D eigenvalue weighted by Crippen LogP contribution is -2.19. The molecule has 0 spiro atoms. The number of anilines is 1. The van der Waals surface area contributed by atoms with Crippen molar-refractivity contribution < 1.29 is 9.53 Å². The molecular weight excluding hydrogens is 294 g/mol. The van der Waals surface area contributed by atoms with Gasteiger partial charge in [0, 0.05) is 25.0 Å². The first-order valence-electron chi connectivity index (χ1n) is 7.66. The molecule has 0 unspecified atom stereocenters. The van der Waals surface area contributed by atoms with Crippen LogP contribution in [0.4, 0.5) is 5.69 Å². The molecule has 0 saturated carbocycles. The summed E-state index contributed by atoms with van der Waals surface area (Å²) < 4.78 is 7.27. The minimum atomic E-state index is -0.159. The Kier molecular flexibility index (Phi) is 3.55. The number of benzene rings is 1. The van der Waals surface area contributed by atoms with Gasteiger partial charge in [0.15, 0.2) is 0 Å². The lowest BCUT2D eigenvalue weighted by atomic mass is 10.1. The molecule has 3 heterocycles. The Labute approximate surface area is 132 Å². The smallest absolute Gasteiger partial charge is 0.255 e. The van der Waals surface area contributed by atoms with Gasteiger partial charge in [0.25, 0.3) is 5.91 Å². The van der Waals surface area contributed by atoms with Gasteiger partial charge < -0.3 is 15.0 Å². The van der Waals surface area contributed by atoms with Gasteiger partial charge in [-0.3, -0.25) is 9.48 Å². The van der Waals surface area contributed by atoms with Gasteiger partial charge in [-0.15, -0.1) is 0 Å². The van der Waals surface area contributed by atoms with E-state index in [-0.39, 0.29) is 5.91 Å². The van der Waals surface area contributed by atoms with Crippen molar-refractivity contribution in [2.75, 3.05) is 18.5 Å². The van der Waals surface area contributed by atoms with Crippen molar-refractivity contribution in [3.63, 3.8) is 0 Å². The molecule has 23 heavy (non-hydrogen) atoms. The van der Waals surface area contributed by atoms with Crippen LogP contribution >= 0.6 is 0 Å². The van der Waals surface area contributed by atoms with Gasteiger partial charge in [0.05, 0.1) is 35.3 Å². The third kappa shape index (κ3) is 2.83. The van der Waals surface area contributed by atoms with E-state index in [0.29, 0.717) is 17.3 Å². The van der Waals surface area contributed by atoms with Gasteiger partial charge in [0.1, 0.15) is 0 Å². The van der Waals surface area contributed by atoms with E-state index in [4.69, 9.17) is 4.74 Å². The minimum Gasteiger partial charge on any atom is -0.381 e. The number of imidazole rings is 1. The number of ether oxygens (including phenoxy) is 1. The number of hydrogen-bond donors (Lipinski definition) is 2. The summed E-state index contributed by atoms with van der Waals surface area (Å²) in [6.07, 6.45) is 7.08. The van der Waals surface area contributed by atoms with Gasteiger partial charge in [-0.2, -0.15) is 5.10 Å². The fourth-order valence-corrected chi connectivity index (χ4v) is 2.83. The molecular formula is C16H17N5O2. The average molecular weight is 311 g/mol. The summed E-state index contributed by atoms with van der Waals surface area (Å²) in [5.41, 5.74) is 2.97. The molecule has 1 saturated heterocycles. The average Bonchev–Trinajstić information content (AvgIpc) is 3.24. The summed E-state index contributed by atoms with van der Waals surface area (Å²) in [5.74, 6) is -0.159. The van der Waals surface area contributed by atoms with E-state index in [2.05, 4.69) is 20.4 Å². The molecule has 1 aliphatic rings. The predicted molar refractivity (Wildman–Crippen MR) is 85.4 cm³/mol. The molecule has 1 aromatic carbocycles. The number of nitrogens with one attached hydrogen (secondary N) is 2. The largest absolute Gasteiger partial charge is 0.381 e. The molecule has 7 nitrogen and oxygen atoms in total. The van der Waals surface area contributed by atoms with Gasteiger partial charge in [-0.05, 0) is 31.0 Å². The number of amides is 1. The number of carbonyl (C=O) groups is 1. The Hall–Kier alpha value is -2.67. The molecule has 1 amide bonds. The van der Waals surface area contributed by atoms with Crippen LogP contribution < -0.4 is 5.32 Å². The number of hydrogen-bond acceptors (Lipinski definition) is 4. The molecule has 0 radical (unpaired) electrons. The van der Waals surface area contributed by atoms with Crippen LogP contribution in [-0.4, -0.2) is 38.9 Å². The highest BCUT2D eigenvalue weighted by atomic mass is 16.5. The first kappa shape index (κ1) is 14.0. The molecule has 2 aromatic heterocycles. The van der Waals surface area contributed by atoms with Crippen LogP contribution in [0, 0.1) is 0 Å². The highest BCUT2D eigenvalue weighted by Crippen LogP contribution is 2.22. The highest BCUT2D eigenvalue weighted by Gasteiger charge is 2.17. The lowest BCUT2D eigenvalue weighted by molar-refractivity contribution is 0.0662. The Morgan fingerprint density at radius 1 is 1.35 bits per heavy atom. The van der Waals surface area contributed by atoms with Crippen LogP contribution in [0.15, 0.2) is 36.9 Å². The van der Waals surface area contributed by atoms with Gasteiger partial charge in [0.2, 0.25) is 0 Å². The van der Waals surface area contributed by atoms with Crippen molar-refractivity contribution in [3.8, 4) is 0 Å². The van der Waals surface area contributed by atoms with E-state index >= 15 is 0 Å². The lowest BCUT2D eigenvalue weighted by Gasteiger charge is -2.22. The topological polar surface area (TPSA) is 84.8 Å². The Morgan fingerprint density at radius 3 is 3.09 bits per heavy atom. The SMILES string of the molecule is O=C(Nc1cnn(C2CCOCC2)c1)c1ccc2nc[nH]c2c1. The zero-order chi connectivity index (χ0) is 15.6. The molecule has 118 valence electrons. The van der Waals surface area contributed by atoms with Crippen LogP contribution in [0.25, 0.3) is 11.0 Å². The summed E-state index contributed by atoms with van der Waals surface area (Å²) in [7, 11) is 0. The molecule has 0 aliphatic carbocycles. The summed E-state index contributed by atoms with van der Waals surface area (Å²) in [6.45, 7) is 1.52. The van der Waals surface area contributed by atoms with Crippen LogP contribution in [0.5, 0.6) is 0 Å². The van der Waals surface area contributed by atoms with E-state index in [9.17, 15) is 4.79 Å². The molecule has 3 aromatic rings. The number of carbonyl (C=O) groups excluding carboxylic acids is 1. The van der Waals surface area contributed by atoms with Crippen molar-refractivity contribution in [3.05, 3.63) is 42.5 Å². The Morgan fingerprint density at radius 2 is 2.22 bits per heavy atom. The van der Waals surface area contributed by atoms with E-state index in [1.165, 1.54) is 0 Å². The van der Waals surface area contributed by atoms with Crippen LogP contribution in [0.3, 0.4) is 0 Å². The molecule has 4 rings (SSSR count). The zero-order valence-electron chi connectivity index (χ0n) is 12.5. The van der Waals surface area contributed by atoms with Crippen molar-refractivity contribution >= 4 is 22.6 Å². The molecule has 2 N–H and O–H groups in total. The maximum atomic E-state index is 12.4. The number of nitrogens with zero attached hydrogens (tertiary/aromatic N) is 3. The Bertz CT molecular complexity index is 832. The number of fused-ring (bicyclic) bond motifs is 1. The molecule has 1 aliphatic heterocycles. The second kappa shape index (κ2) is 5.85. The third-order valence-electron chi connectivity index (χ3n) is 4.11. The predicted octanol–water partition coefficient (Wildman–Crippen LogP) is 2.36. The maximum Gasteiger partial charge on any atom is 0.255 e. The van der Waals surface area contributed by atoms with Gasteiger partial charge in [-0.1, -0.05) is 0 Å². The summed E-state index contributed by atoms with van der Waals surface area (Å²) >= 11 is 0. The van der Waals surface area contributed by atoms with E-state index in [0.717, 1.165) is 37.1 Å². The fraction of sp³-hybridized carbons (Fsp3) is 0.312. The first-order valence-corrected chi connectivity index (χ1v) is 7.66.